The number of halogens is 2. The Balaban J connectivity index is 1.64. The molecule has 2 saturated heterocycles. The van der Waals surface area contributed by atoms with Gasteiger partial charge in [0.05, 0.1) is 23.1 Å². The van der Waals surface area contributed by atoms with Crippen LogP contribution in [0.1, 0.15) is 12.8 Å². The van der Waals surface area contributed by atoms with Crippen LogP contribution < -0.4 is 0 Å². The molecule has 1 aromatic rings. The number of piperidine rings is 1. The largest absolute Gasteiger partial charge is 0.378 e. The van der Waals surface area contributed by atoms with Gasteiger partial charge in [-0.05, 0) is 31.0 Å². The van der Waals surface area contributed by atoms with Gasteiger partial charge in [-0.1, -0.05) is 11.6 Å². The lowest BCUT2D eigenvalue weighted by molar-refractivity contribution is -0.140. The summed E-state index contributed by atoms with van der Waals surface area (Å²) in [4.78, 5) is 14.3. The normalized spacial score (nSPS) is 20.6. The Labute approximate surface area is 151 Å². The Bertz CT molecular complexity index is 745. The van der Waals surface area contributed by atoms with Crippen molar-refractivity contribution in [2.24, 2.45) is 5.92 Å². The maximum atomic E-state index is 13.3. The van der Waals surface area contributed by atoms with Crippen LogP contribution in [0, 0.1) is 11.7 Å². The van der Waals surface area contributed by atoms with Gasteiger partial charge >= 0.3 is 0 Å². The molecule has 0 spiro atoms. The van der Waals surface area contributed by atoms with E-state index in [2.05, 4.69) is 0 Å². The molecule has 9 heteroatoms. The van der Waals surface area contributed by atoms with Crippen molar-refractivity contribution in [2.75, 3.05) is 39.4 Å². The van der Waals surface area contributed by atoms with E-state index < -0.39 is 15.8 Å². The first-order valence-corrected chi connectivity index (χ1v) is 10.0. The van der Waals surface area contributed by atoms with Crippen LogP contribution in [0.15, 0.2) is 23.1 Å². The maximum Gasteiger partial charge on any atom is 0.243 e. The molecule has 0 saturated carbocycles. The average Bonchev–Trinajstić information content (AvgIpc) is 2.64. The van der Waals surface area contributed by atoms with Gasteiger partial charge in [0.1, 0.15) is 5.82 Å². The minimum absolute atomic E-state index is 0.0307. The summed E-state index contributed by atoms with van der Waals surface area (Å²) in [6.45, 7) is 2.79. The van der Waals surface area contributed by atoms with Crippen LogP contribution in [-0.4, -0.2) is 62.9 Å². The highest BCUT2D eigenvalue weighted by molar-refractivity contribution is 7.89. The average molecular weight is 391 g/mol. The first-order valence-electron chi connectivity index (χ1n) is 8.21. The highest BCUT2D eigenvalue weighted by Gasteiger charge is 2.34. The summed E-state index contributed by atoms with van der Waals surface area (Å²) in [5.74, 6) is -0.748. The number of rotatable bonds is 3. The van der Waals surface area contributed by atoms with Gasteiger partial charge in [0.15, 0.2) is 0 Å². The summed E-state index contributed by atoms with van der Waals surface area (Å²) in [6.07, 6.45) is 0.953. The molecular weight excluding hydrogens is 371 g/mol. The Hall–Kier alpha value is -1.22. The van der Waals surface area contributed by atoms with Gasteiger partial charge in [-0.3, -0.25) is 4.79 Å². The molecule has 0 atom stereocenters. The van der Waals surface area contributed by atoms with Gasteiger partial charge in [0.2, 0.25) is 15.9 Å². The number of hydrogen-bond donors (Lipinski definition) is 0. The quantitative estimate of drug-likeness (QED) is 0.788. The first-order chi connectivity index (χ1) is 11.9. The Morgan fingerprint density at radius 2 is 1.80 bits per heavy atom. The molecule has 1 amide bonds. The Kier molecular flexibility index (Phi) is 5.62. The summed E-state index contributed by atoms with van der Waals surface area (Å²) in [5, 5.41) is -0.224. The number of ether oxygens (including phenoxy) is 1. The molecule has 3 rings (SSSR count). The van der Waals surface area contributed by atoms with Crippen molar-refractivity contribution in [1.82, 2.24) is 9.21 Å². The predicted octanol–water partition coefficient (Wildman–Crippen LogP) is 1.74. The van der Waals surface area contributed by atoms with Gasteiger partial charge in [-0.25, -0.2) is 12.8 Å². The van der Waals surface area contributed by atoms with Crippen molar-refractivity contribution in [3.63, 3.8) is 0 Å². The Morgan fingerprint density at radius 1 is 1.16 bits per heavy atom. The molecule has 0 bridgehead atoms. The van der Waals surface area contributed by atoms with Crippen LogP contribution in [-0.2, 0) is 19.6 Å². The lowest BCUT2D eigenvalue weighted by Crippen LogP contribution is -2.47. The number of amides is 1. The zero-order valence-corrected chi connectivity index (χ0v) is 15.2. The van der Waals surface area contributed by atoms with Crippen LogP contribution in [0.3, 0.4) is 0 Å². The fourth-order valence-corrected chi connectivity index (χ4v) is 4.91. The molecule has 138 valence electrons. The number of nitrogens with zero attached hydrogens (tertiary/aromatic N) is 2. The van der Waals surface area contributed by atoms with Crippen molar-refractivity contribution in [2.45, 2.75) is 17.7 Å². The maximum absolute atomic E-state index is 13.3. The molecule has 2 aliphatic rings. The number of sulfonamides is 1. The van der Waals surface area contributed by atoms with E-state index in [-0.39, 0.29) is 34.8 Å². The van der Waals surface area contributed by atoms with E-state index in [4.69, 9.17) is 16.3 Å². The van der Waals surface area contributed by atoms with Crippen LogP contribution in [0.25, 0.3) is 0 Å². The smallest absolute Gasteiger partial charge is 0.243 e. The highest BCUT2D eigenvalue weighted by atomic mass is 35.5. The lowest BCUT2D eigenvalue weighted by Gasteiger charge is -2.35. The third-order valence-electron chi connectivity index (χ3n) is 4.65. The van der Waals surface area contributed by atoms with Gasteiger partial charge in [0.25, 0.3) is 0 Å². The molecule has 2 aliphatic heterocycles. The van der Waals surface area contributed by atoms with Crippen LogP contribution in [0.4, 0.5) is 4.39 Å². The number of benzene rings is 1. The number of hydrogen-bond acceptors (Lipinski definition) is 4. The van der Waals surface area contributed by atoms with E-state index >= 15 is 0 Å². The number of morpholine rings is 1. The summed E-state index contributed by atoms with van der Waals surface area (Å²) < 4.78 is 45.2. The van der Waals surface area contributed by atoms with E-state index in [1.165, 1.54) is 10.4 Å². The number of carbonyl (C=O) groups excluding carboxylic acids is 1. The van der Waals surface area contributed by atoms with E-state index in [1.807, 2.05) is 0 Å². The van der Waals surface area contributed by atoms with Crippen molar-refractivity contribution in [1.29, 1.82) is 0 Å². The van der Waals surface area contributed by atoms with E-state index in [9.17, 15) is 17.6 Å². The van der Waals surface area contributed by atoms with Crippen molar-refractivity contribution in [3.05, 3.63) is 29.0 Å². The van der Waals surface area contributed by atoms with Crippen LogP contribution in [0.2, 0.25) is 5.02 Å². The fraction of sp³-hybridized carbons (Fsp3) is 0.562. The molecule has 0 radical (unpaired) electrons. The van der Waals surface area contributed by atoms with Crippen molar-refractivity contribution in [3.8, 4) is 0 Å². The predicted molar refractivity (Wildman–Crippen MR) is 90.3 cm³/mol. The van der Waals surface area contributed by atoms with E-state index in [0.717, 1.165) is 12.1 Å². The van der Waals surface area contributed by atoms with Gasteiger partial charge in [0, 0.05) is 32.1 Å². The lowest BCUT2D eigenvalue weighted by atomic mass is 9.96. The molecular formula is C16H20ClFN2O4S. The second-order valence-electron chi connectivity index (χ2n) is 6.19. The zero-order valence-electron chi connectivity index (χ0n) is 13.7. The summed E-state index contributed by atoms with van der Waals surface area (Å²) in [7, 11) is -3.74. The SMILES string of the molecule is O=C(C1CCN(S(=O)(=O)c2ccc(F)c(Cl)c2)CC1)N1CCOCC1. The van der Waals surface area contributed by atoms with E-state index in [1.54, 1.807) is 4.90 Å². The second-order valence-corrected chi connectivity index (χ2v) is 8.54. The summed E-state index contributed by atoms with van der Waals surface area (Å²) in [5.41, 5.74) is 0. The minimum Gasteiger partial charge on any atom is -0.378 e. The summed E-state index contributed by atoms with van der Waals surface area (Å²) >= 11 is 5.69. The van der Waals surface area contributed by atoms with Gasteiger partial charge in [-0.15, -0.1) is 0 Å². The van der Waals surface area contributed by atoms with Crippen LogP contribution in [0.5, 0.6) is 0 Å². The molecule has 2 heterocycles. The first kappa shape index (κ1) is 18.6. The van der Waals surface area contributed by atoms with Crippen LogP contribution >= 0.6 is 11.6 Å². The van der Waals surface area contributed by atoms with Crippen molar-refractivity contribution < 1.29 is 22.3 Å². The van der Waals surface area contributed by atoms with Gasteiger partial charge < -0.3 is 9.64 Å². The zero-order chi connectivity index (χ0) is 18.0. The minimum atomic E-state index is -3.74. The number of carbonyl (C=O) groups is 1. The van der Waals surface area contributed by atoms with E-state index in [0.29, 0.717) is 39.1 Å². The second kappa shape index (κ2) is 7.57. The topological polar surface area (TPSA) is 66.9 Å². The Morgan fingerprint density at radius 3 is 2.40 bits per heavy atom. The third kappa shape index (κ3) is 3.97. The molecule has 0 unspecified atom stereocenters. The monoisotopic (exact) mass is 390 g/mol. The fourth-order valence-electron chi connectivity index (χ4n) is 3.17. The third-order valence-corrected chi connectivity index (χ3v) is 6.84. The highest BCUT2D eigenvalue weighted by Crippen LogP contribution is 2.27. The summed E-state index contributed by atoms with van der Waals surface area (Å²) in [6, 6.07) is 3.38. The molecule has 0 aliphatic carbocycles. The molecule has 1 aromatic carbocycles. The molecule has 6 nitrogen and oxygen atoms in total. The standard InChI is InChI=1S/C16H20ClFN2O4S/c17-14-11-13(1-2-15(14)18)25(22,23)20-5-3-12(4-6-20)16(21)19-7-9-24-10-8-19/h1-2,11-12H,3-10H2. The molecule has 2 fully saturated rings. The molecule has 25 heavy (non-hydrogen) atoms. The molecule has 0 aromatic heterocycles. The van der Waals surface area contributed by atoms with Crippen molar-refractivity contribution >= 4 is 27.5 Å². The molecule has 0 N–H and O–H groups in total. The van der Waals surface area contributed by atoms with Gasteiger partial charge in [-0.2, -0.15) is 4.31 Å².